The number of methoxy groups -OCH3 is 1. The average Bonchev–Trinajstić information content (AvgIpc) is 2.42. The smallest absolute Gasteiger partial charge is 0.241 e. The molecule has 21 heavy (non-hydrogen) atoms. The zero-order valence-electron chi connectivity index (χ0n) is 13.6. The van der Waals surface area contributed by atoms with Crippen molar-refractivity contribution in [3.05, 3.63) is 0 Å². The lowest BCUT2D eigenvalue weighted by atomic mass is 10.2. The van der Waals surface area contributed by atoms with Gasteiger partial charge in [-0.15, -0.1) is 24.0 Å². The molecule has 0 aliphatic heterocycles. The zero-order valence-corrected chi connectivity index (χ0v) is 16.8. The Morgan fingerprint density at radius 3 is 2.48 bits per heavy atom. The monoisotopic (exact) mass is 432 g/mol. The third kappa shape index (κ3) is 13.2. The maximum atomic E-state index is 11.6. The number of nitrogens with zero attached hydrogens (tertiary/aromatic N) is 1. The van der Waals surface area contributed by atoms with Crippen molar-refractivity contribution in [3.63, 3.8) is 0 Å². The van der Waals surface area contributed by atoms with Gasteiger partial charge in [-0.3, -0.25) is 4.79 Å². The van der Waals surface area contributed by atoms with Crippen LogP contribution in [0.1, 0.15) is 20.8 Å². The summed E-state index contributed by atoms with van der Waals surface area (Å²) in [4.78, 5) is 15.8. The number of ether oxygens (including phenoxy) is 1. The molecular weight excluding hydrogens is 403 g/mol. The van der Waals surface area contributed by atoms with Crippen molar-refractivity contribution in [2.75, 3.05) is 46.2 Å². The van der Waals surface area contributed by atoms with Crippen LogP contribution < -0.4 is 16.0 Å². The van der Waals surface area contributed by atoms with E-state index in [9.17, 15) is 4.79 Å². The molecular formula is C13H29IN4O2S. The van der Waals surface area contributed by atoms with Crippen molar-refractivity contribution in [2.24, 2.45) is 4.99 Å². The lowest BCUT2D eigenvalue weighted by molar-refractivity contribution is -0.119. The number of thioether (sulfide) groups is 1. The van der Waals surface area contributed by atoms with E-state index >= 15 is 0 Å². The largest absolute Gasteiger partial charge is 0.383 e. The second kappa shape index (κ2) is 13.4. The topological polar surface area (TPSA) is 74.8 Å². The lowest BCUT2D eigenvalue weighted by Gasteiger charge is -2.23. The van der Waals surface area contributed by atoms with Gasteiger partial charge in [0.15, 0.2) is 5.96 Å². The third-order valence-corrected chi connectivity index (χ3v) is 3.84. The number of hydrogen-bond acceptors (Lipinski definition) is 4. The number of hydrogen-bond donors (Lipinski definition) is 3. The minimum Gasteiger partial charge on any atom is -0.383 e. The third-order valence-electron chi connectivity index (χ3n) is 2.59. The number of aliphatic imine (C=N–C) groups is 1. The van der Waals surface area contributed by atoms with Crippen LogP contribution in [0.3, 0.4) is 0 Å². The summed E-state index contributed by atoms with van der Waals surface area (Å²) in [5.41, 5.74) is 0. The lowest BCUT2D eigenvalue weighted by Crippen LogP contribution is -2.44. The molecule has 6 nitrogen and oxygen atoms in total. The summed E-state index contributed by atoms with van der Waals surface area (Å²) in [6.07, 6.45) is 2.08. The van der Waals surface area contributed by atoms with Gasteiger partial charge < -0.3 is 20.7 Å². The van der Waals surface area contributed by atoms with Gasteiger partial charge in [0.05, 0.1) is 6.61 Å². The van der Waals surface area contributed by atoms with Gasteiger partial charge in [-0.1, -0.05) is 0 Å². The van der Waals surface area contributed by atoms with Gasteiger partial charge in [0.1, 0.15) is 6.54 Å². The summed E-state index contributed by atoms with van der Waals surface area (Å²) in [6.45, 7) is 8.98. The van der Waals surface area contributed by atoms with Gasteiger partial charge in [0, 0.05) is 31.5 Å². The number of amides is 1. The van der Waals surface area contributed by atoms with Crippen LogP contribution in [-0.2, 0) is 9.53 Å². The van der Waals surface area contributed by atoms with Crippen molar-refractivity contribution < 1.29 is 9.53 Å². The standard InChI is InChI=1S/C13H28N4O2S.HI/c1-6-14-12(17-10-13(2,3)20-5)16-9-11(18)15-7-8-19-4;/h6-10H2,1-5H3,(H,15,18)(H2,14,16,17);1H. The van der Waals surface area contributed by atoms with Crippen LogP contribution in [0.4, 0.5) is 0 Å². The molecule has 0 saturated heterocycles. The Bertz CT molecular complexity index is 315. The Kier molecular flexibility index (Phi) is 14.8. The Morgan fingerprint density at radius 1 is 1.29 bits per heavy atom. The van der Waals surface area contributed by atoms with Crippen LogP contribution in [0.2, 0.25) is 0 Å². The summed E-state index contributed by atoms with van der Waals surface area (Å²) in [5.74, 6) is 0.555. The number of rotatable bonds is 9. The Morgan fingerprint density at radius 2 is 1.95 bits per heavy atom. The van der Waals surface area contributed by atoms with Crippen molar-refractivity contribution in [1.82, 2.24) is 16.0 Å². The fourth-order valence-electron chi connectivity index (χ4n) is 1.21. The molecule has 8 heteroatoms. The molecule has 0 aromatic carbocycles. The molecule has 0 aromatic heterocycles. The van der Waals surface area contributed by atoms with Gasteiger partial charge in [-0.2, -0.15) is 11.8 Å². The predicted molar refractivity (Wildman–Crippen MR) is 102 cm³/mol. The summed E-state index contributed by atoms with van der Waals surface area (Å²) >= 11 is 1.79. The van der Waals surface area contributed by atoms with Gasteiger partial charge in [0.25, 0.3) is 0 Å². The molecule has 0 saturated carbocycles. The molecule has 0 radical (unpaired) electrons. The average molecular weight is 432 g/mol. The highest BCUT2D eigenvalue weighted by atomic mass is 127. The van der Waals surface area contributed by atoms with E-state index < -0.39 is 0 Å². The van der Waals surface area contributed by atoms with Crippen molar-refractivity contribution in [2.45, 2.75) is 25.5 Å². The molecule has 0 atom stereocenters. The molecule has 126 valence electrons. The molecule has 0 rings (SSSR count). The molecule has 0 aliphatic rings. The molecule has 0 heterocycles. The highest BCUT2D eigenvalue weighted by molar-refractivity contribution is 14.0. The summed E-state index contributed by atoms with van der Waals surface area (Å²) in [6, 6.07) is 0. The van der Waals surface area contributed by atoms with Gasteiger partial charge in [-0.05, 0) is 27.0 Å². The van der Waals surface area contributed by atoms with E-state index in [4.69, 9.17) is 4.74 Å². The first kappa shape index (κ1) is 23.1. The van der Waals surface area contributed by atoms with Crippen molar-refractivity contribution in [1.29, 1.82) is 0 Å². The van der Waals surface area contributed by atoms with E-state index in [0.29, 0.717) is 19.1 Å². The van der Waals surface area contributed by atoms with E-state index in [-0.39, 0.29) is 41.2 Å². The number of nitrogens with one attached hydrogen (secondary N) is 3. The summed E-state index contributed by atoms with van der Waals surface area (Å²) in [5, 5.41) is 9.11. The maximum Gasteiger partial charge on any atom is 0.241 e. The summed E-state index contributed by atoms with van der Waals surface area (Å²) in [7, 11) is 1.60. The molecule has 0 aliphatic carbocycles. The quantitative estimate of drug-likeness (QED) is 0.220. The first-order valence-corrected chi connectivity index (χ1v) is 8.00. The maximum absolute atomic E-state index is 11.6. The van der Waals surface area contributed by atoms with Crippen LogP contribution in [0, 0.1) is 0 Å². The second-order valence-corrected chi connectivity index (χ2v) is 6.37. The van der Waals surface area contributed by atoms with Crippen LogP contribution in [0.25, 0.3) is 0 Å². The number of guanidine groups is 1. The second-order valence-electron chi connectivity index (χ2n) is 4.86. The van der Waals surface area contributed by atoms with Crippen LogP contribution >= 0.6 is 35.7 Å². The van der Waals surface area contributed by atoms with Gasteiger partial charge in [0.2, 0.25) is 5.91 Å². The molecule has 0 bridgehead atoms. The predicted octanol–water partition coefficient (Wildman–Crippen LogP) is 1.06. The van der Waals surface area contributed by atoms with Gasteiger partial charge in [-0.25, -0.2) is 4.99 Å². The highest BCUT2D eigenvalue weighted by Gasteiger charge is 2.16. The number of halogens is 1. The molecule has 1 amide bonds. The molecule has 0 fully saturated rings. The van der Waals surface area contributed by atoms with E-state index in [1.54, 1.807) is 18.9 Å². The van der Waals surface area contributed by atoms with Gasteiger partial charge >= 0.3 is 0 Å². The van der Waals surface area contributed by atoms with E-state index in [1.165, 1.54) is 0 Å². The SMILES string of the molecule is CCNC(=NCC(=O)NCCOC)NCC(C)(C)SC.I. The van der Waals surface area contributed by atoms with E-state index in [2.05, 4.69) is 41.0 Å². The fourth-order valence-corrected chi connectivity index (χ4v) is 1.43. The fraction of sp³-hybridized carbons (Fsp3) is 0.846. The molecule has 0 unspecified atom stereocenters. The minimum absolute atomic E-state index is 0. The number of carbonyl (C=O) groups excluding carboxylic acids is 1. The molecule has 3 N–H and O–H groups in total. The van der Waals surface area contributed by atoms with Crippen LogP contribution in [0.5, 0.6) is 0 Å². The minimum atomic E-state index is -0.108. The molecule has 0 aromatic rings. The normalized spacial score (nSPS) is 11.6. The number of carbonyl (C=O) groups is 1. The highest BCUT2D eigenvalue weighted by Crippen LogP contribution is 2.19. The van der Waals surface area contributed by atoms with E-state index in [0.717, 1.165) is 13.1 Å². The van der Waals surface area contributed by atoms with Crippen LogP contribution in [-0.4, -0.2) is 62.8 Å². The Balaban J connectivity index is 0. The van der Waals surface area contributed by atoms with Crippen molar-refractivity contribution in [3.8, 4) is 0 Å². The van der Waals surface area contributed by atoms with Crippen LogP contribution in [0.15, 0.2) is 4.99 Å². The zero-order chi connectivity index (χ0) is 15.4. The van der Waals surface area contributed by atoms with Crippen molar-refractivity contribution >= 4 is 47.6 Å². The first-order chi connectivity index (χ1) is 9.45. The Labute approximate surface area is 149 Å². The Hall–Kier alpha value is -0.220. The van der Waals surface area contributed by atoms with E-state index in [1.807, 2.05) is 6.92 Å². The summed E-state index contributed by atoms with van der Waals surface area (Å²) < 4.78 is 4.99. The first-order valence-electron chi connectivity index (χ1n) is 6.78. The molecule has 0 spiro atoms.